The maximum Gasteiger partial charge on any atom is 0.356 e. The highest BCUT2D eigenvalue weighted by Gasteiger charge is 2.20. The van der Waals surface area contributed by atoms with Gasteiger partial charge in [0, 0.05) is 30.5 Å². The molecule has 1 aromatic heterocycles. The predicted molar refractivity (Wildman–Crippen MR) is 88.2 cm³/mol. The lowest BCUT2D eigenvalue weighted by Gasteiger charge is -2.12. The fraction of sp³-hybridized carbons (Fsp3) is 0.294. The van der Waals surface area contributed by atoms with Crippen molar-refractivity contribution in [1.29, 1.82) is 0 Å². The first kappa shape index (κ1) is 15.1. The Balaban J connectivity index is 1.84. The van der Waals surface area contributed by atoms with E-state index in [9.17, 15) is 9.59 Å². The summed E-state index contributed by atoms with van der Waals surface area (Å²) in [5.74, 6) is -0.754. The third-order valence-corrected chi connectivity index (χ3v) is 4.06. The Morgan fingerprint density at radius 1 is 1.30 bits per heavy atom. The van der Waals surface area contributed by atoms with Crippen LogP contribution < -0.4 is 10.2 Å². The number of H-pyrrole nitrogens is 1. The van der Waals surface area contributed by atoms with Crippen LogP contribution in [0, 0.1) is 6.92 Å². The van der Waals surface area contributed by atoms with E-state index in [4.69, 9.17) is 4.74 Å². The van der Waals surface area contributed by atoms with Crippen LogP contribution in [0.2, 0.25) is 0 Å². The number of ether oxygens (including phenoxy) is 1. The second-order valence-electron chi connectivity index (χ2n) is 5.70. The molecule has 6 nitrogen and oxygen atoms in total. The molecule has 1 aliphatic heterocycles. The SMILES string of the molecule is COC(=O)c1[nH]c(C)cc1NC(=O)c1ccc2c(c1)CCN2C. The van der Waals surface area contributed by atoms with Crippen molar-refractivity contribution < 1.29 is 14.3 Å². The average molecular weight is 313 g/mol. The van der Waals surface area contributed by atoms with Crippen molar-refractivity contribution >= 4 is 23.3 Å². The van der Waals surface area contributed by atoms with Crippen LogP contribution >= 0.6 is 0 Å². The number of methoxy groups -OCH3 is 1. The molecule has 0 saturated carbocycles. The lowest BCUT2D eigenvalue weighted by atomic mass is 10.1. The second kappa shape index (κ2) is 5.79. The quantitative estimate of drug-likeness (QED) is 0.853. The third kappa shape index (κ3) is 2.79. The Labute approximate surface area is 134 Å². The maximum absolute atomic E-state index is 12.5. The monoisotopic (exact) mass is 313 g/mol. The number of anilines is 2. The van der Waals surface area contributed by atoms with Crippen LogP contribution in [0.4, 0.5) is 11.4 Å². The van der Waals surface area contributed by atoms with Crippen LogP contribution in [0.15, 0.2) is 24.3 Å². The number of carbonyl (C=O) groups is 2. The van der Waals surface area contributed by atoms with Crippen molar-refractivity contribution in [2.45, 2.75) is 13.3 Å². The summed E-state index contributed by atoms with van der Waals surface area (Å²) in [5.41, 5.74) is 4.36. The summed E-state index contributed by atoms with van der Waals surface area (Å²) in [5, 5.41) is 2.78. The van der Waals surface area contributed by atoms with Gasteiger partial charge in [0.15, 0.2) is 0 Å². The van der Waals surface area contributed by atoms with Gasteiger partial charge in [0.05, 0.1) is 12.8 Å². The van der Waals surface area contributed by atoms with Crippen LogP contribution in [-0.2, 0) is 11.2 Å². The molecule has 0 bridgehead atoms. The molecular weight excluding hydrogens is 294 g/mol. The zero-order chi connectivity index (χ0) is 16.6. The van der Waals surface area contributed by atoms with Crippen LogP contribution in [0.5, 0.6) is 0 Å². The number of amides is 1. The van der Waals surface area contributed by atoms with Crippen LogP contribution in [0.25, 0.3) is 0 Å². The minimum absolute atomic E-state index is 0.244. The summed E-state index contributed by atoms with van der Waals surface area (Å²) in [4.78, 5) is 29.3. The Morgan fingerprint density at radius 2 is 2.09 bits per heavy atom. The maximum atomic E-state index is 12.5. The van der Waals surface area contributed by atoms with Gasteiger partial charge in [-0.2, -0.15) is 0 Å². The molecule has 23 heavy (non-hydrogen) atoms. The Morgan fingerprint density at radius 3 is 2.83 bits per heavy atom. The first-order valence-corrected chi connectivity index (χ1v) is 7.43. The van der Waals surface area contributed by atoms with Gasteiger partial charge in [-0.05, 0) is 43.2 Å². The molecule has 0 unspecified atom stereocenters. The Kier molecular flexibility index (Phi) is 3.82. The first-order valence-electron chi connectivity index (χ1n) is 7.43. The molecule has 120 valence electrons. The molecule has 0 atom stereocenters. The molecule has 2 heterocycles. The summed E-state index contributed by atoms with van der Waals surface area (Å²) in [6.45, 7) is 2.78. The number of rotatable bonds is 3. The van der Waals surface area contributed by atoms with Gasteiger partial charge < -0.3 is 19.9 Å². The van der Waals surface area contributed by atoms with Crippen LogP contribution in [0.3, 0.4) is 0 Å². The van der Waals surface area contributed by atoms with E-state index >= 15 is 0 Å². The zero-order valence-electron chi connectivity index (χ0n) is 13.4. The van der Waals surface area contributed by atoms with E-state index in [1.807, 2.05) is 26.1 Å². The van der Waals surface area contributed by atoms with Gasteiger partial charge in [0.25, 0.3) is 5.91 Å². The molecule has 2 N–H and O–H groups in total. The number of esters is 1. The molecule has 2 aromatic rings. The van der Waals surface area contributed by atoms with E-state index in [2.05, 4.69) is 15.2 Å². The van der Waals surface area contributed by atoms with Crippen LogP contribution in [-0.4, -0.2) is 37.6 Å². The van der Waals surface area contributed by atoms with Crippen molar-refractivity contribution in [3.63, 3.8) is 0 Å². The number of aromatic nitrogens is 1. The zero-order valence-corrected chi connectivity index (χ0v) is 13.4. The number of benzene rings is 1. The topological polar surface area (TPSA) is 74.4 Å². The van der Waals surface area contributed by atoms with Gasteiger partial charge in [-0.3, -0.25) is 4.79 Å². The smallest absolute Gasteiger partial charge is 0.356 e. The number of carbonyl (C=O) groups excluding carboxylic acids is 2. The molecular formula is C17H19N3O3. The van der Waals surface area contributed by atoms with Crippen molar-refractivity contribution in [2.75, 3.05) is 30.9 Å². The van der Waals surface area contributed by atoms with Gasteiger partial charge in [-0.15, -0.1) is 0 Å². The Bertz CT molecular complexity index is 779. The normalized spacial score (nSPS) is 12.9. The summed E-state index contributed by atoms with van der Waals surface area (Å²) in [6.07, 6.45) is 0.934. The van der Waals surface area contributed by atoms with E-state index < -0.39 is 5.97 Å². The van der Waals surface area contributed by atoms with E-state index in [0.717, 1.165) is 24.3 Å². The number of hydrogen-bond acceptors (Lipinski definition) is 4. The largest absolute Gasteiger partial charge is 0.464 e. The van der Waals surface area contributed by atoms with Crippen LogP contribution in [0.1, 0.15) is 32.1 Å². The van der Waals surface area contributed by atoms with Gasteiger partial charge >= 0.3 is 5.97 Å². The number of nitrogens with zero attached hydrogens (tertiary/aromatic N) is 1. The molecule has 6 heteroatoms. The molecule has 0 radical (unpaired) electrons. The molecule has 0 fully saturated rings. The molecule has 3 rings (SSSR count). The predicted octanol–water partition coefficient (Wildman–Crippen LogP) is 2.35. The molecule has 0 spiro atoms. The minimum Gasteiger partial charge on any atom is -0.464 e. The number of nitrogens with one attached hydrogen (secondary N) is 2. The molecule has 0 aliphatic carbocycles. The average Bonchev–Trinajstić information content (AvgIpc) is 3.09. The number of aromatic amines is 1. The van der Waals surface area contributed by atoms with E-state index in [0.29, 0.717) is 11.3 Å². The number of likely N-dealkylation sites (N-methyl/N-ethyl adjacent to an activating group) is 1. The summed E-state index contributed by atoms with van der Waals surface area (Å²) in [7, 11) is 3.35. The van der Waals surface area contributed by atoms with E-state index in [1.165, 1.54) is 12.7 Å². The van der Waals surface area contributed by atoms with Gasteiger partial charge in [0.1, 0.15) is 5.69 Å². The van der Waals surface area contributed by atoms with Gasteiger partial charge in [-0.25, -0.2) is 4.79 Å². The lowest BCUT2D eigenvalue weighted by Crippen LogP contribution is -2.15. The fourth-order valence-electron chi connectivity index (χ4n) is 2.85. The molecule has 1 aliphatic rings. The highest BCUT2D eigenvalue weighted by molar-refractivity contribution is 6.08. The number of fused-ring (bicyclic) bond motifs is 1. The minimum atomic E-state index is -0.510. The van der Waals surface area contributed by atoms with Crippen molar-refractivity contribution in [3.05, 3.63) is 46.8 Å². The fourth-order valence-corrected chi connectivity index (χ4v) is 2.85. The highest BCUT2D eigenvalue weighted by atomic mass is 16.5. The molecule has 1 aromatic carbocycles. The second-order valence-corrected chi connectivity index (χ2v) is 5.70. The molecule has 1 amide bonds. The standard InChI is InChI=1S/C17H19N3O3/c1-10-8-13(15(18-10)17(22)23-3)19-16(21)12-4-5-14-11(9-12)6-7-20(14)2/h4-5,8-9,18H,6-7H2,1-3H3,(H,19,21). The van der Waals surface area contributed by atoms with E-state index in [1.54, 1.807) is 12.1 Å². The van der Waals surface area contributed by atoms with E-state index in [-0.39, 0.29) is 11.6 Å². The van der Waals surface area contributed by atoms with Crippen molar-refractivity contribution in [1.82, 2.24) is 4.98 Å². The summed E-state index contributed by atoms with van der Waals surface area (Å²) >= 11 is 0. The van der Waals surface area contributed by atoms with Gasteiger partial charge in [0.2, 0.25) is 0 Å². The summed E-state index contributed by atoms with van der Waals surface area (Å²) < 4.78 is 4.72. The summed E-state index contributed by atoms with van der Waals surface area (Å²) in [6, 6.07) is 7.38. The number of hydrogen-bond donors (Lipinski definition) is 2. The third-order valence-electron chi connectivity index (χ3n) is 4.06. The van der Waals surface area contributed by atoms with Crippen molar-refractivity contribution in [2.24, 2.45) is 0 Å². The number of aryl methyl sites for hydroxylation is 1. The highest BCUT2D eigenvalue weighted by Crippen LogP contribution is 2.28. The Hall–Kier alpha value is -2.76. The lowest BCUT2D eigenvalue weighted by molar-refractivity contribution is 0.0596. The van der Waals surface area contributed by atoms with Gasteiger partial charge in [-0.1, -0.05) is 0 Å². The first-order chi connectivity index (χ1) is 11.0. The van der Waals surface area contributed by atoms with Crippen molar-refractivity contribution in [3.8, 4) is 0 Å². The molecule has 0 saturated heterocycles.